The number of nitrogens with one attached hydrogen (secondary N) is 1. The van der Waals surface area contributed by atoms with E-state index in [9.17, 15) is 9.59 Å². The number of hydrogen-bond donors (Lipinski definition) is 1. The Morgan fingerprint density at radius 1 is 1.12 bits per heavy atom. The second-order valence-electron chi connectivity index (χ2n) is 5.79. The second kappa shape index (κ2) is 7.17. The second-order valence-corrected chi connectivity index (χ2v) is 5.79. The van der Waals surface area contributed by atoms with Gasteiger partial charge in [0.2, 0.25) is 5.91 Å². The van der Waals surface area contributed by atoms with Crippen LogP contribution in [0.5, 0.6) is 0 Å². The van der Waals surface area contributed by atoms with Gasteiger partial charge in [0.1, 0.15) is 6.61 Å². The summed E-state index contributed by atoms with van der Waals surface area (Å²) in [5, 5.41) is 2.67. The highest BCUT2D eigenvalue weighted by Crippen LogP contribution is 2.30. The largest absolute Gasteiger partial charge is 0.444 e. The topological polar surface area (TPSA) is 58.6 Å². The van der Waals surface area contributed by atoms with E-state index in [1.807, 2.05) is 54.6 Å². The lowest BCUT2D eigenvalue weighted by Gasteiger charge is -2.33. The number of amides is 2. The molecule has 2 aromatic carbocycles. The monoisotopic (exact) mass is 324 g/mol. The number of nitrogens with zero attached hydrogens (tertiary/aromatic N) is 1. The molecule has 1 aliphatic heterocycles. The highest BCUT2D eigenvalue weighted by molar-refractivity contribution is 5.92. The van der Waals surface area contributed by atoms with Crippen molar-refractivity contribution < 1.29 is 14.3 Å². The molecule has 0 spiro atoms. The Bertz CT molecular complexity index is 730. The van der Waals surface area contributed by atoms with Crippen LogP contribution >= 0.6 is 0 Å². The Labute approximate surface area is 141 Å². The molecule has 5 nitrogen and oxygen atoms in total. The molecule has 1 N–H and O–H groups in total. The van der Waals surface area contributed by atoms with E-state index in [4.69, 9.17) is 4.74 Å². The molecule has 1 heterocycles. The third kappa shape index (κ3) is 3.40. The van der Waals surface area contributed by atoms with E-state index in [1.54, 1.807) is 11.9 Å². The van der Waals surface area contributed by atoms with Gasteiger partial charge in [-0.05, 0) is 23.6 Å². The predicted molar refractivity (Wildman–Crippen MR) is 91.7 cm³/mol. The highest BCUT2D eigenvalue weighted by atomic mass is 16.6. The lowest BCUT2D eigenvalue weighted by atomic mass is 9.92. The first-order valence-electron chi connectivity index (χ1n) is 7.96. The normalized spacial score (nSPS) is 16.2. The van der Waals surface area contributed by atoms with Gasteiger partial charge in [-0.1, -0.05) is 48.5 Å². The first-order chi connectivity index (χ1) is 11.7. The fourth-order valence-corrected chi connectivity index (χ4v) is 2.95. The molecular formula is C19H20N2O3. The number of anilines is 1. The number of hydrogen-bond acceptors (Lipinski definition) is 3. The Balaban J connectivity index is 1.77. The Hall–Kier alpha value is -2.82. The summed E-state index contributed by atoms with van der Waals surface area (Å²) in [6, 6.07) is 17.2. The van der Waals surface area contributed by atoms with Crippen molar-refractivity contribution in [2.45, 2.75) is 13.0 Å². The summed E-state index contributed by atoms with van der Waals surface area (Å²) >= 11 is 0. The molecule has 0 aliphatic carbocycles. The molecule has 0 radical (unpaired) electrons. The quantitative estimate of drug-likeness (QED) is 0.944. The van der Waals surface area contributed by atoms with E-state index in [0.29, 0.717) is 13.0 Å². The van der Waals surface area contributed by atoms with Gasteiger partial charge in [-0.2, -0.15) is 0 Å². The molecule has 0 saturated carbocycles. The van der Waals surface area contributed by atoms with Crippen LogP contribution in [-0.4, -0.2) is 25.6 Å². The van der Waals surface area contributed by atoms with Gasteiger partial charge in [-0.25, -0.2) is 4.79 Å². The van der Waals surface area contributed by atoms with Crippen molar-refractivity contribution in [1.82, 2.24) is 5.32 Å². The standard InChI is InChI=1S/C19H20N2O3/c1-20-18(22)16-11-15-9-5-6-10-17(15)21(12-16)19(23)24-13-14-7-3-2-4-8-14/h2-10,16H,11-13H2,1H3,(H,20,22)/t16-/m0/s1. The maximum atomic E-state index is 12.6. The number of ether oxygens (including phenoxy) is 1. The minimum Gasteiger partial charge on any atom is -0.444 e. The fourth-order valence-electron chi connectivity index (χ4n) is 2.95. The molecule has 0 saturated heterocycles. The molecule has 124 valence electrons. The van der Waals surface area contributed by atoms with Gasteiger partial charge in [-0.15, -0.1) is 0 Å². The summed E-state index contributed by atoms with van der Waals surface area (Å²) in [5.74, 6) is -0.334. The van der Waals surface area contributed by atoms with Crippen LogP contribution in [-0.2, 0) is 22.6 Å². The minimum absolute atomic E-state index is 0.0645. The summed E-state index contributed by atoms with van der Waals surface area (Å²) in [5.41, 5.74) is 2.73. The minimum atomic E-state index is -0.431. The zero-order chi connectivity index (χ0) is 16.9. The lowest BCUT2D eigenvalue weighted by molar-refractivity contribution is -0.124. The molecule has 0 aromatic heterocycles. The summed E-state index contributed by atoms with van der Waals surface area (Å²) < 4.78 is 5.44. The zero-order valence-corrected chi connectivity index (χ0v) is 13.6. The van der Waals surface area contributed by atoms with Crippen molar-refractivity contribution >= 4 is 17.7 Å². The number of para-hydroxylation sites is 1. The molecule has 0 bridgehead atoms. The van der Waals surface area contributed by atoms with Crippen molar-refractivity contribution in [2.75, 3.05) is 18.5 Å². The van der Waals surface area contributed by atoms with Crippen LogP contribution in [0.4, 0.5) is 10.5 Å². The lowest BCUT2D eigenvalue weighted by Crippen LogP contribution is -2.45. The van der Waals surface area contributed by atoms with Crippen molar-refractivity contribution in [3.8, 4) is 0 Å². The Morgan fingerprint density at radius 3 is 2.58 bits per heavy atom. The van der Waals surface area contributed by atoms with Crippen LogP contribution in [0.3, 0.4) is 0 Å². The van der Waals surface area contributed by atoms with E-state index in [2.05, 4.69) is 5.32 Å². The maximum absolute atomic E-state index is 12.6. The van der Waals surface area contributed by atoms with Crippen LogP contribution in [0.2, 0.25) is 0 Å². The van der Waals surface area contributed by atoms with E-state index in [-0.39, 0.29) is 18.4 Å². The van der Waals surface area contributed by atoms with Crippen molar-refractivity contribution in [1.29, 1.82) is 0 Å². The smallest absolute Gasteiger partial charge is 0.414 e. The van der Waals surface area contributed by atoms with Crippen molar-refractivity contribution in [2.24, 2.45) is 5.92 Å². The summed E-state index contributed by atoms with van der Waals surface area (Å²) in [4.78, 5) is 26.2. The molecule has 0 fully saturated rings. The van der Waals surface area contributed by atoms with Crippen LogP contribution < -0.4 is 10.2 Å². The molecule has 1 atom stereocenters. The molecule has 24 heavy (non-hydrogen) atoms. The number of carbonyl (C=O) groups excluding carboxylic acids is 2. The predicted octanol–water partition coefficient (Wildman–Crippen LogP) is 2.75. The number of rotatable bonds is 3. The third-order valence-electron chi connectivity index (χ3n) is 4.19. The number of carbonyl (C=O) groups is 2. The summed E-state index contributed by atoms with van der Waals surface area (Å²) in [7, 11) is 1.61. The van der Waals surface area contributed by atoms with Crippen LogP contribution in [0.15, 0.2) is 54.6 Å². The average Bonchev–Trinajstić information content (AvgIpc) is 2.65. The molecule has 0 unspecified atom stereocenters. The van der Waals surface area contributed by atoms with Gasteiger partial charge >= 0.3 is 6.09 Å². The van der Waals surface area contributed by atoms with Gasteiger partial charge < -0.3 is 10.1 Å². The van der Waals surface area contributed by atoms with Gasteiger partial charge in [0.05, 0.1) is 11.6 Å². The van der Waals surface area contributed by atoms with Gasteiger partial charge in [-0.3, -0.25) is 9.69 Å². The summed E-state index contributed by atoms with van der Waals surface area (Å²) in [6.07, 6.45) is 0.193. The van der Waals surface area contributed by atoms with Gasteiger partial charge in [0, 0.05) is 13.6 Å². The number of benzene rings is 2. The third-order valence-corrected chi connectivity index (χ3v) is 4.19. The first-order valence-corrected chi connectivity index (χ1v) is 7.96. The average molecular weight is 324 g/mol. The van der Waals surface area contributed by atoms with Gasteiger partial charge in [0.15, 0.2) is 0 Å². The van der Waals surface area contributed by atoms with Crippen LogP contribution in [0, 0.1) is 5.92 Å². The van der Waals surface area contributed by atoms with Crippen LogP contribution in [0.1, 0.15) is 11.1 Å². The maximum Gasteiger partial charge on any atom is 0.414 e. The fraction of sp³-hybridized carbons (Fsp3) is 0.263. The van der Waals surface area contributed by atoms with Crippen LogP contribution in [0.25, 0.3) is 0 Å². The van der Waals surface area contributed by atoms with Crippen molar-refractivity contribution in [3.05, 3.63) is 65.7 Å². The zero-order valence-electron chi connectivity index (χ0n) is 13.6. The molecule has 1 aliphatic rings. The Kier molecular flexibility index (Phi) is 4.79. The van der Waals surface area contributed by atoms with E-state index >= 15 is 0 Å². The molecular weight excluding hydrogens is 304 g/mol. The Morgan fingerprint density at radius 2 is 1.83 bits per heavy atom. The highest BCUT2D eigenvalue weighted by Gasteiger charge is 2.32. The van der Waals surface area contributed by atoms with E-state index in [1.165, 1.54) is 0 Å². The van der Waals surface area contributed by atoms with Crippen molar-refractivity contribution in [3.63, 3.8) is 0 Å². The molecule has 5 heteroatoms. The van der Waals surface area contributed by atoms with E-state index in [0.717, 1.165) is 16.8 Å². The summed E-state index contributed by atoms with van der Waals surface area (Å²) in [6.45, 7) is 0.535. The van der Waals surface area contributed by atoms with E-state index < -0.39 is 6.09 Å². The first kappa shape index (κ1) is 16.1. The molecule has 2 amide bonds. The number of fused-ring (bicyclic) bond motifs is 1. The SMILES string of the molecule is CNC(=O)[C@H]1Cc2ccccc2N(C(=O)OCc2ccccc2)C1. The molecule has 3 rings (SSSR count). The van der Waals surface area contributed by atoms with Gasteiger partial charge in [0.25, 0.3) is 0 Å². The molecule has 2 aromatic rings.